The monoisotopic (exact) mass is 309 g/mol. The lowest BCUT2D eigenvalue weighted by atomic mass is 9.99. The number of benzene rings is 1. The molecular weight excluding hydrogens is 289 g/mol. The molecule has 0 aliphatic carbocycles. The van der Waals surface area contributed by atoms with Crippen LogP contribution in [0.25, 0.3) is 0 Å². The quantitative estimate of drug-likeness (QED) is 0.879. The summed E-state index contributed by atoms with van der Waals surface area (Å²) in [7, 11) is 1.90. The molecule has 0 aliphatic heterocycles. The molecular formula is C16H21ClFN3. The van der Waals surface area contributed by atoms with Gasteiger partial charge in [-0.2, -0.15) is 5.10 Å². The minimum Gasteiger partial charge on any atom is -0.310 e. The van der Waals surface area contributed by atoms with Gasteiger partial charge in [0.05, 0.1) is 5.69 Å². The van der Waals surface area contributed by atoms with Crippen molar-refractivity contribution in [3.05, 3.63) is 52.1 Å². The summed E-state index contributed by atoms with van der Waals surface area (Å²) in [5.41, 5.74) is 2.69. The van der Waals surface area contributed by atoms with Crippen LogP contribution in [-0.4, -0.2) is 16.3 Å². The number of aromatic nitrogens is 2. The number of nitrogens with zero attached hydrogens (tertiary/aromatic N) is 2. The molecule has 114 valence electrons. The largest absolute Gasteiger partial charge is 0.310 e. The van der Waals surface area contributed by atoms with E-state index in [-0.39, 0.29) is 11.9 Å². The molecule has 2 rings (SSSR count). The number of halogens is 2. The van der Waals surface area contributed by atoms with Crippen molar-refractivity contribution in [3.63, 3.8) is 0 Å². The van der Waals surface area contributed by atoms with E-state index in [0.717, 1.165) is 24.2 Å². The lowest BCUT2D eigenvalue weighted by Gasteiger charge is -2.19. The third kappa shape index (κ3) is 4.05. The molecule has 0 aliphatic rings. The van der Waals surface area contributed by atoms with Crippen LogP contribution in [-0.2, 0) is 13.5 Å². The van der Waals surface area contributed by atoms with Crippen molar-refractivity contribution in [2.24, 2.45) is 7.05 Å². The molecule has 0 amide bonds. The topological polar surface area (TPSA) is 29.9 Å². The number of hydrogen-bond acceptors (Lipinski definition) is 2. The first kappa shape index (κ1) is 16.0. The van der Waals surface area contributed by atoms with Crippen molar-refractivity contribution >= 4 is 11.6 Å². The molecule has 1 unspecified atom stereocenters. The van der Waals surface area contributed by atoms with Crippen LogP contribution in [0.1, 0.15) is 36.2 Å². The highest BCUT2D eigenvalue weighted by Gasteiger charge is 2.18. The van der Waals surface area contributed by atoms with Crippen molar-refractivity contribution in [2.75, 3.05) is 6.54 Å². The van der Waals surface area contributed by atoms with Crippen LogP contribution in [0.15, 0.2) is 24.4 Å². The predicted molar refractivity (Wildman–Crippen MR) is 84.1 cm³/mol. The van der Waals surface area contributed by atoms with Crippen molar-refractivity contribution in [3.8, 4) is 0 Å². The Morgan fingerprint density at radius 2 is 2.19 bits per heavy atom. The average Bonchev–Trinajstić information content (AvgIpc) is 2.77. The van der Waals surface area contributed by atoms with Gasteiger partial charge < -0.3 is 5.32 Å². The second-order valence-corrected chi connectivity index (χ2v) is 5.73. The lowest BCUT2D eigenvalue weighted by molar-refractivity contribution is 0.511. The van der Waals surface area contributed by atoms with E-state index >= 15 is 0 Å². The summed E-state index contributed by atoms with van der Waals surface area (Å²) < 4.78 is 15.8. The average molecular weight is 310 g/mol. The van der Waals surface area contributed by atoms with E-state index in [1.807, 2.05) is 20.2 Å². The number of hydrogen-bond donors (Lipinski definition) is 1. The zero-order valence-corrected chi connectivity index (χ0v) is 13.4. The molecule has 1 aromatic heterocycles. The molecule has 0 bridgehead atoms. The predicted octanol–water partition coefficient (Wildman–Crippen LogP) is 3.80. The van der Waals surface area contributed by atoms with Crippen LogP contribution in [0.2, 0.25) is 5.02 Å². The molecule has 1 atom stereocenters. The van der Waals surface area contributed by atoms with Crippen LogP contribution in [0.5, 0.6) is 0 Å². The molecule has 1 aromatic carbocycles. The first-order valence-electron chi connectivity index (χ1n) is 7.18. The highest BCUT2D eigenvalue weighted by molar-refractivity contribution is 6.30. The summed E-state index contributed by atoms with van der Waals surface area (Å²) in [5.74, 6) is -0.218. The molecule has 3 nitrogen and oxygen atoms in total. The van der Waals surface area contributed by atoms with Gasteiger partial charge in [0.2, 0.25) is 0 Å². The van der Waals surface area contributed by atoms with Gasteiger partial charge in [0.25, 0.3) is 0 Å². The third-order valence-corrected chi connectivity index (χ3v) is 3.73. The summed E-state index contributed by atoms with van der Waals surface area (Å²) in [6.07, 6.45) is 3.57. The molecule has 0 radical (unpaired) electrons. The maximum Gasteiger partial charge on any atom is 0.126 e. The maximum absolute atomic E-state index is 14.0. The van der Waals surface area contributed by atoms with E-state index in [1.165, 1.54) is 6.07 Å². The molecule has 0 spiro atoms. The Hall–Kier alpha value is -1.39. The van der Waals surface area contributed by atoms with E-state index in [1.54, 1.807) is 16.8 Å². The molecule has 5 heteroatoms. The molecule has 1 N–H and O–H groups in total. The maximum atomic E-state index is 14.0. The normalized spacial score (nSPS) is 12.6. The minimum atomic E-state index is -0.218. The second-order valence-electron chi connectivity index (χ2n) is 5.29. The number of rotatable bonds is 6. The smallest absolute Gasteiger partial charge is 0.126 e. The zero-order chi connectivity index (χ0) is 15.4. The Labute approximate surface area is 130 Å². The molecule has 0 fully saturated rings. The number of aryl methyl sites for hydroxylation is 2. The van der Waals surface area contributed by atoms with Crippen LogP contribution in [0.3, 0.4) is 0 Å². The second kappa shape index (κ2) is 7.05. The van der Waals surface area contributed by atoms with Crippen molar-refractivity contribution < 1.29 is 4.39 Å². The van der Waals surface area contributed by atoms with Gasteiger partial charge in [-0.05, 0) is 50.1 Å². The summed E-state index contributed by atoms with van der Waals surface area (Å²) >= 11 is 5.98. The van der Waals surface area contributed by atoms with Gasteiger partial charge in [-0.15, -0.1) is 0 Å². The van der Waals surface area contributed by atoms with Gasteiger partial charge in [-0.25, -0.2) is 4.39 Å². The first-order chi connectivity index (χ1) is 10.0. The SMILES string of the molecule is CCCNC(Cc1cc(Cl)ccc1F)c1cn(C)nc1C. The fraction of sp³-hybridized carbons (Fsp3) is 0.438. The fourth-order valence-electron chi connectivity index (χ4n) is 2.49. The summed E-state index contributed by atoms with van der Waals surface area (Å²) in [6.45, 7) is 4.96. The van der Waals surface area contributed by atoms with Crippen LogP contribution in [0, 0.1) is 12.7 Å². The minimum absolute atomic E-state index is 0.0339. The first-order valence-corrected chi connectivity index (χ1v) is 7.56. The molecule has 0 saturated heterocycles. The Bertz CT molecular complexity index is 610. The Balaban J connectivity index is 2.28. The number of nitrogens with one attached hydrogen (secondary N) is 1. The van der Waals surface area contributed by atoms with Gasteiger partial charge in [-0.3, -0.25) is 4.68 Å². The van der Waals surface area contributed by atoms with E-state index in [9.17, 15) is 4.39 Å². The van der Waals surface area contributed by atoms with E-state index in [0.29, 0.717) is 17.0 Å². The molecule has 21 heavy (non-hydrogen) atoms. The zero-order valence-electron chi connectivity index (χ0n) is 12.7. The Morgan fingerprint density at radius 3 is 2.81 bits per heavy atom. The van der Waals surface area contributed by atoms with Gasteiger partial charge in [-0.1, -0.05) is 18.5 Å². The van der Waals surface area contributed by atoms with Crippen molar-refractivity contribution in [2.45, 2.75) is 32.7 Å². The van der Waals surface area contributed by atoms with Crippen molar-refractivity contribution in [1.82, 2.24) is 15.1 Å². The Morgan fingerprint density at radius 1 is 1.43 bits per heavy atom. The van der Waals surface area contributed by atoms with E-state index in [4.69, 9.17) is 11.6 Å². The standard InChI is InChI=1S/C16H21ClFN3/c1-4-7-19-16(14-10-21(3)20-11(14)2)9-12-8-13(17)5-6-15(12)18/h5-6,8,10,16,19H,4,7,9H2,1-3H3. The Kier molecular flexibility index (Phi) is 5.37. The van der Waals surface area contributed by atoms with E-state index < -0.39 is 0 Å². The molecule has 0 saturated carbocycles. The van der Waals surface area contributed by atoms with Crippen LogP contribution >= 0.6 is 11.6 Å². The van der Waals surface area contributed by atoms with Gasteiger partial charge >= 0.3 is 0 Å². The van der Waals surface area contributed by atoms with Gasteiger partial charge in [0.15, 0.2) is 0 Å². The van der Waals surface area contributed by atoms with Crippen molar-refractivity contribution in [1.29, 1.82) is 0 Å². The summed E-state index contributed by atoms with van der Waals surface area (Å²) in [6, 6.07) is 4.73. The van der Waals surface area contributed by atoms with Gasteiger partial charge in [0, 0.05) is 29.9 Å². The summed E-state index contributed by atoms with van der Waals surface area (Å²) in [4.78, 5) is 0. The highest BCUT2D eigenvalue weighted by atomic mass is 35.5. The summed E-state index contributed by atoms with van der Waals surface area (Å²) in [5, 5.41) is 8.41. The van der Waals surface area contributed by atoms with Gasteiger partial charge in [0.1, 0.15) is 5.82 Å². The van der Waals surface area contributed by atoms with Crippen LogP contribution < -0.4 is 5.32 Å². The van der Waals surface area contributed by atoms with E-state index in [2.05, 4.69) is 17.3 Å². The third-order valence-electron chi connectivity index (χ3n) is 3.50. The highest BCUT2D eigenvalue weighted by Crippen LogP contribution is 2.24. The molecule has 2 aromatic rings. The molecule has 1 heterocycles. The van der Waals surface area contributed by atoms with Crippen LogP contribution in [0.4, 0.5) is 4.39 Å². The fourth-order valence-corrected chi connectivity index (χ4v) is 2.69. The lowest BCUT2D eigenvalue weighted by Crippen LogP contribution is -2.24.